The minimum absolute atomic E-state index is 0.168. The van der Waals surface area contributed by atoms with Crippen LogP contribution >= 0.6 is 0 Å². The summed E-state index contributed by atoms with van der Waals surface area (Å²) in [5, 5.41) is 0. The maximum atomic E-state index is 12.5. The Hall–Kier alpha value is -1.40. The van der Waals surface area contributed by atoms with E-state index >= 15 is 0 Å². The lowest BCUT2D eigenvalue weighted by Gasteiger charge is -2.26. The van der Waals surface area contributed by atoms with Gasteiger partial charge < -0.3 is 4.90 Å². The molecule has 6 heteroatoms. The third-order valence-electron chi connectivity index (χ3n) is 3.43. The molecule has 5 nitrogen and oxygen atoms in total. The average Bonchev–Trinajstić information content (AvgIpc) is 2.48. The molecule has 1 rings (SSSR count). The van der Waals surface area contributed by atoms with E-state index in [1.54, 1.807) is 23.1 Å². The summed E-state index contributed by atoms with van der Waals surface area (Å²) >= 11 is 0. The van der Waals surface area contributed by atoms with Gasteiger partial charge in [0.05, 0.1) is 4.90 Å². The number of sulfonamides is 1. The van der Waals surface area contributed by atoms with Crippen LogP contribution in [0.3, 0.4) is 0 Å². The Kier molecular flexibility index (Phi) is 7.03. The molecular weight excluding hydrogens is 300 g/mol. The van der Waals surface area contributed by atoms with Gasteiger partial charge in [0.25, 0.3) is 0 Å². The molecule has 0 aliphatic heterocycles. The number of carbonyl (C=O) groups is 1. The maximum absolute atomic E-state index is 12.5. The van der Waals surface area contributed by atoms with Gasteiger partial charge in [0.1, 0.15) is 6.04 Å². The van der Waals surface area contributed by atoms with Crippen molar-refractivity contribution in [3.63, 3.8) is 0 Å². The highest BCUT2D eigenvalue weighted by molar-refractivity contribution is 7.89. The van der Waals surface area contributed by atoms with Crippen molar-refractivity contribution >= 4 is 15.9 Å². The van der Waals surface area contributed by atoms with Crippen LogP contribution in [-0.2, 0) is 14.8 Å². The molecule has 0 aliphatic rings. The zero-order chi connectivity index (χ0) is 16.8. The van der Waals surface area contributed by atoms with E-state index in [0.29, 0.717) is 19.5 Å². The summed E-state index contributed by atoms with van der Waals surface area (Å²) in [6.07, 6.45) is 0.474. The number of nitrogens with one attached hydrogen (secondary N) is 1. The molecule has 0 heterocycles. The molecule has 124 valence electrons. The summed E-state index contributed by atoms with van der Waals surface area (Å²) in [5.41, 5.74) is 0. The molecule has 0 aromatic heterocycles. The van der Waals surface area contributed by atoms with Crippen molar-refractivity contribution in [1.29, 1.82) is 0 Å². The highest BCUT2D eigenvalue weighted by atomic mass is 32.2. The third kappa shape index (κ3) is 5.10. The first-order valence-electron chi connectivity index (χ1n) is 7.68. The van der Waals surface area contributed by atoms with E-state index in [2.05, 4.69) is 4.72 Å². The summed E-state index contributed by atoms with van der Waals surface area (Å²) in [5.74, 6) is 0.0428. The highest BCUT2D eigenvalue weighted by Crippen LogP contribution is 2.13. The summed E-state index contributed by atoms with van der Waals surface area (Å²) in [6.45, 7) is 8.85. The zero-order valence-corrected chi connectivity index (χ0v) is 14.6. The molecular formula is C16H26N2O3S. The standard InChI is InChI=1S/C16H26N2O3S/c1-5-18(6-2)16(19)15(12-13(3)4)17-22(20,21)14-10-8-7-9-11-14/h7-11,13,15,17H,5-6,12H2,1-4H3. The van der Waals surface area contributed by atoms with Crippen molar-refractivity contribution in [3.8, 4) is 0 Å². The van der Waals surface area contributed by atoms with Gasteiger partial charge in [-0.05, 0) is 38.3 Å². The molecule has 0 spiro atoms. The van der Waals surface area contributed by atoms with Crippen LogP contribution in [-0.4, -0.2) is 38.4 Å². The summed E-state index contributed by atoms with van der Waals surface area (Å²) in [6, 6.07) is 7.40. The zero-order valence-electron chi connectivity index (χ0n) is 13.7. The Bertz CT molecular complexity index is 566. The van der Waals surface area contributed by atoms with E-state index in [1.807, 2.05) is 27.7 Å². The number of hydrogen-bond donors (Lipinski definition) is 1. The Labute approximate surface area is 133 Å². The second-order valence-electron chi connectivity index (χ2n) is 5.63. The van der Waals surface area contributed by atoms with Gasteiger partial charge in [-0.15, -0.1) is 0 Å². The number of carbonyl (C=O) groups excluding carboxylic acids is 1. The number of likely N-dealkylation sites (N-methyl/N-ethyl adjacent to an activating group) is 1. The second kappa shape index (κ2) is 8.29. The molecule has 0 radical (unpaired) electrons. The van der Waals surface area contributed by atoms with E-state index in [9.17, 15) is 13.2 Å². The number of nitrogens with zero attached hydrogens (tertiary/aromatic N) is 1. The molecule has 22 heavy (non-hydrogen) atoms. The Morgan fingerprint density at radius 2 is 1.68 bits per heavy atom. The molecule has 1 aromatic rings. The van der Waals surface area contributed by atoms with Crippen molar-refractivity contribution in [1.82, 2.24) is 9.62 Å². The topological polar surface area (TPSA) is 66.5 Å². The van der Waals surface area contributed by atoms with Gasteiger partial charge in [0.2, 0.25) is 15.9 Å². The van der Waals surface area contributed by atoms with E-state index in [4.69, 9.17) is 0 Å². The van der Waals surface area contributed by atoms with Gasteiger partial charge in [-0.2, -0.15) is 4.72 Å². The third-order valence-corrected chi connectivity index (χ3v) is 4.92. The molecule has 0 fully saturated rings. The lowest BCUT2D eigenvalue weighted by molar-refractivity contribution is -0.133. The Morgan fingerprint density at radius 1 is 1.14 bits per heavy atom. The number of hydrogen-bond acceptors (Lipinski definition) is 3. The molecule has 1 atom stereocenters. The number of benzene rings is 1. The first-order chi connectivity index (χ1) is 10.3. The van der Waals surface area contributed by atoms with Gasteiger partial charge in [0, 0.05) is 13.1 Å². The SMILES string of the molecule is CCN(CC)C(=O)C(CC(C)C)NS(=O)(=O)c1ccccc1. The van der Waals surface area contributed by atoms with Crippen LogP contribution < -0.4 is 4.72 Å². The first-order valence-corrected chi connectivity index (χ1v) is 9.16. The van der Waals surface area contributed by atoms with Gasteiger partial charge in [-0.1, -0.05) is 32.0 Å². The minimum Gasteiger partial charge on any atom is -0.342 e. The fourth-order valence-electron chi connectivity index (χ4n) is 2.28. The molecule has 1 unspecified atom stereocenters. The lowest BCUT2D eigenvalue weighted by atomic mass is 10.0. The van der Waals surface area contributed by atoms with E-state index in [1.165, 1.54) is 12.1 Å². The van der Waals surface area contributed by atoms with Crippen molar-refractivity contribution in [2.75, 3.05) is 13.1 Å². The molecule has 1 N–H and O–H groups in total. The Balaban J connectivity index is 3.01. The van der Waals surface area contributed by atoms with Gasteiger partial charge in [-0.25, -0.2) is 8.42 Å². The second-order valence-corrected chi connectivity index (χ2v) is 7.34. The quantitative estimate of drug-likeness (QED) is 0.797. The smallest absolute Gasteiger partial charge is 0.241 e. The van der Waals surface area contributed by atoms with Crippen LogP contribution in [0, 0.1) is 5.92 Å². The lowest BCUT2D eigenvalue weighted by Crippen LogP contribution is -2.49. The number of amides is 1. The predicted molar refractivity (Wildman–Crippen MR) is 87.9 cm³/mol. The van der Waals surface area contributed by atoms with E-state index < -0.39 is 16.1 Å². The summed E-state index contributed by atoms with van der Waals surface area (Å²) < 4.78 is 27.5. The first kappa shape index (κ1) is 18.6. The molecule has 1 amide bonds. The van der Waals surface area contributed by atoms with Gasteiger partial charge >= 0.3 is 0 Å². The van der Waals surface area contributed by atoms with Crippen LogP contribution in [0.25, 0.3) is 0 Å². The van der Waals surface area contributed by atoms with Crippen LogP contribution in [0.2, 0.25) is 0 Å². The fourth-order valence-corrected chi connectivity index (χ4v) is 3.50. The van der Waals surface area contributed by atoms with E-state index in [-0.39, 0.29) is 16.7 Å². The molecule has 0 bridgehead atoms. The normalized spacial score (nSPS) is 13.1. The van der Waals surface area contributed by atoms with Crippen LogP contribution in [0.4, 0.5) is 0 Å². The summed E-state index contributed by atoms with van der Waals surface area (Å²) in [4.78, 5) is 14.4. The predicted octanol–water partition coefficient (Wildman–Crippen LogP) is 2.25. The van der Waals surface area contributed by atoms with Gasteiger partial charge in [-0.3, -0.25) is 4.79 Å². The summed E-state index contributed by atoms with van der Waals surface area (Å²) in [7, 11) is -3.70. The molecule has 1 aromatic carbocycles. The largest absolute Gasteiger partial charge is 0.342 e. The van der Waals surface area contributed by atoms with Gasteiger partial charge in [0.15, 0.2) is 0 Å². The maximum Gasteiger partial charge on any atom is 0.241 e. The Morgan fingerprint density at radius 3 is 2.14 bits per heavy atom. The monoisotopic (exact) mass is 326 g/mol. The minimum atomic E-state index is -3.70. The number of rotatable bonds is 8. The van der Waals surface area contributed by atoms with Crippen molar-refractivity contribution in [2.45, 2.75) is 45.1 Å². The van der Waals surface area contributed by atoms with E-state index in [0.717, 1.165) is 0 Å². The highest BCUT2D eigenvalue weighted by Gasteiger charge is 2.28. The fraction of sp³-hybridized carbons (Fsp3) is 0.562. The molecule has 0 aliphatic carbocycles. The molecule has 0 saturated heterocycles. The van der Waals surface area contributed by atoms with Crippen LogP contribution in [0.15, 0.2) is 35.2 Å². The average molecular weight is 326 g/mol. The van der Waals surface area contributed by atoms with Crippen molar-refractivity contribution in [3.05, 3.63) is 30.3 Å². The van der Waals surface area contributed by atoms with Crippen molar-refractivity contribution < 1.29 is 13.2 Å². The van der Waals surface area contributed by atoms with Crippen LogP contribution in [0.1, 0.15) is 34.1 Å². The molecule has 0 saturated carbocycles. The van der Waals surface area contributed by atoms with Crippen molar-refractivity contribution in [2.24, 2.45) is 5.92 Å². The van der Waals surface area contributed by atoms with Crippen LogP contribution in [0.5, 0.6) is 0 Å².